The van der Waals surface area contributed by atoms with E-state index in [4.69, 9.17) is 0 Å². The van der Waals surface area contributed by atoms with E-state index in [0.717, 1.165) is 79.7 Å². The molecule has 11 heteroatoms. The van der Waals surface area contributed by atoms with Gasteiger partial charge in [-0.1, -0.05) is 209 Å². The number of fused-ring (bicyclic) bond motifs is 12. The van der Waals surface area contributed by atoms with Crippen molar-refractivity contribution in [2.75, 3.05) is 0 Å². The summed E-state index contributed by atoms with van der Waals surface area (Å²) in [5, 5.41) is 29.9. The molecule has 0 aliphatic heterocycles. The maximum absolute atomic E-state index is 15.2. The van der Waals surface area contributed by atoms with Crippen molar-refractivity contribution < 1.29 is 8.78 Å². The van der Waals surface area contributed by atoms with Crippen LogP contribution >= 0.6 is 34.0 Å². The minimum atomic E-state index is -1.79. The van der Waals surface area contributed by atoms with E-state index in [1.165, 1.54) is 191 Å². The smallest absolute Gasteiger partial charge is 0.138 e. The van der Waals surface area contributed by atoms with Crippen LogP contribution in [-0.2, 0) is 0 Å². The summed E-state index contributed by atoms with van der Waals surface area (Å²) >= 11 is 5.47. The van der Waals surface area contributed by atoms with E-state index in [0.29, 0.717) is 10.8 Å². The molecule has 0 aliphatic rings. The predicted octanol–water partition coefficient (Wildman–Crippen LogP) is 33.8. The van der Waals surface area contributed by atoms with Crippen molar-refractivity contribution in [3.8, 4) is 68.8 Å². The van der Waals surface area contributed by atoms with Crippen LogP contribution in [0.1, 0.15) is 158 Å². The molecule has 0 bridgehead atoms. The number of halogens is 2. The molecule has 0 nitrogen and oxygen atoms in total. The van der Waals surface area contributed by atoms with E-state index < -0.39 is 48.4 Å². The third kappa shape index (κ3) is 17.3. The van der Waals surface area contributed by atoms with Crippen molar-refractivity contribution in [3.05, 3.63) is 213 Å². The number of thiophene rings is 3. The Balaban J connectivity index is 0.000000155. The van der Waals surface area contributed by atoms with Crippen LogP contribution in [-0.4, -0.2) is 48.4 Å². The molecular weight excluding hydrogens is 1600 g/mol. The van der Waals surface area contributed by atoms with E-state index in [1.54, 1.807) is 12.1 Å². The molecule has 0 saturated heterocycles. The average molecular weight is 1720 g/mol. The SMILES string of the molecule is CC[Si](C#Cc1c2cc3cccc(F)c3cc2c(C#C[Si](CC)(CC)CC)c2cc3cccc(F)c3cc12)(CC)CC.CC[Si](C#Cc1c2cc3ccccc3cc2c(C#C[Si](CC)(CC)CC)c2cc3sccc3cc12)(CC)CC.CC[Si](C#Cc1c2cc3ccsc3cc2c(C#C[Si](CC)(CC)CC)c2cc3ccsc3cc12)(CC)CC. The minimum absolute atomic E-state index is 0.240. The van der Waals surface area contributed by atoms with Crippen LogP contribution in [0.5, 0.6) is 0 Å². The van der Waals surface area contributed by atoms with E-state index in [-0.39, 0.29) is 11.6 Å². The van der Waals surface area contributed by atoms with Crippen LogP contribution in [0.25, 0.3) is 127 Å². The predicted molar refractivity (Wildman–Crippen MR) is 547 cm³/mol. The van der Waals surface area contributed by atoms with Gasteiger partial charge in [0.15, 0.2) is 0 Å². The van der Waals surface area contributed by atoms with Gasteiger partial charge >= 0.3 is 0 Å². The van der Waals surface area contributed by atoms with Gasteiger partial charge in [-0.3, -0.25) is 0 Å². The third-order valence-electron chi connectivity index (χ3n) is 28.7. The lowest BCUT2D eigenvalue weighted by Crippen LogP contribution is -2.29. The highest BCUT2D eigenvalue weighted by Gasteiger charge is 2.31. The lowest BCUT2D eigenvalue weighted by Gasteiger charge is -2.21. The van der Waals surface area contributed by atoms with Gasteiger partial charge in [0.05, 0.1) is 0 Å². The molecule has 15 aromatic rings. The molecule has 0 unspecified atom stereocenters. The van der Waals surface area contributed by atoms with Gasteiger partial charge in [0, 0.05) is 74.4 Å². The first kappa shape index (κ1) is 88.2. The van der Waals surface area contributed by atoms with Crippen LogP contribution < -0.4 is 0 Å². The van der Waals surface area contributed by atoms with Crippen LogP contribution in [0.4, 0.5) is 8.78 Å². The summed E-state index contributed by atoms with van der Waals surface area (Å²) in [5.41, 5.74) is 30.0. The molecule has 15 rings (SSSR count). The molecule has 0 radical (unpaired) electrons. The largest absolute Gasteiger partial charge is 0.206 e. The van der Waals surface area contributed by atoms with E-state index in [2.05, 4.69) is 313 Å². The molecule has 0 aliphatic carbocycles. The molecule has 606 valence electrons. The van der Waals surface area contributed by atoms with Crippen molar-refractivity contribution in [3.63, 3.8) is 0 Å². The maximum Gasteiger partial charge on any atom is 0.138 e. The van der Waals surface area contributed by atoms with Gasteiger partial charge in [-0.25, -0.2) is 8.78 Å². The van der Waals surface area contributed by atoms with Gasteiger partial charge in [0.25, 0.3) is 0 Å². The van der Waals surface area contributed by atoms with Gasteiger partial charge in [0.1, 0.15) is 60.1 Å². The Morgan fingerprint density at radius 1 is 0.202 bits per heavy atom. The number of hydrogen-bond donors (Lipinski definition) is 0. The normalized spacial score (nSPS) is 12.1. The Kier molecular flexibility index (Phi) is 28.0. The minimum Gasteiger partial charge on any atom is -0.206 e. The summed E-state index contributed by atoms with van der Waals surface area (Å²) in [6.45, 7) is 41.7. The fraction of sp³-hybridized carbons (Fsp3) is 0.333. The number of hydrogen-bond acceptors (Lipinski definition) is 3. The lowest BCUT2D eigenvalue weighted by atomic mass is 9.89. The number of benzene rings is 12. The first-order valence-corrected chi connectivity index (χ1v) is 63.0. The third-order valence-corrected chi connectivity index (χ3v) is 59.7. The number of rotatable bonds is 18. The summed E-state index contributed by atoms with van der Waals surface area (Å²) in [6, 6.07) is 74.3. The Morgan fingerprint density at radius 2 is 0.387 bits per heavy atom. The average Bonchev–Trinajstić information content (AvgIpc) is 1.54. The zero-order valence-electron chi connectivity index (χ0n) is 73.9. The van der Waals surface area contributed by atoms with Crippen LogP contribution in [0, 0.1) is 80.4 Å². The molecule has 0 spiro atoms. The van der Waals surface area contributed by atoms with Crippen molar-refractivity contribution in [2.45, 2.75) is 233 Å². The van der Waals surface area contributed by atoms with Crippen molar-refractivity contribution in [1.82, 2.24) is 0 Å². The van der Waals surface area contributed by atoms with Gasteiger partial charge in [0.2, 0.25) is 0 Å². The fourth-order valence-electron chi connectivity index (χ4n) is 18.3. The summed E-state index contributed by atoms with van der Waals surface area (Å²) in [5.74, 6) is 22.3. The van der Waals surface area contributed by atoms with E-state index in [1.807, 2.05) is 58.3 Å². The molecule has 0 saturated carbocycles. The summed E-state index contributed by atoms with van der Waals surface area (Å²) in [4.78, 5) is 0. The maximum atomic E-state index is 15.2. The zero-order valence-corrected chi connectivity index (χ0v) is 82.3. The van der Waals surface area contributed by atoms with Crippen molar-refractivity contribution in [2.24, 2.45) is 0 Å². The van der Waals surface area contributed by atoms with Crippen molar-refractivity contribution in [1.29, 1.82) is 0 Å². The van der Waals surface area contributed by atoms with Gasteiger partial charge in [-0.15, -0.1) is 67.3 Å². The van der Waals surface area contributed by atoms with Crippen LogP contribution in [0.2, 0.25) is 109 Å². The second-order valence-electron chi connectivity index (χ2n) is 33.3. The second-order valence-corrected chi connectivity index (χ2v) is 65.8. The summed E-state index contributed by atoms with van der Waals surface area (Å²) in [7, 11) is -10.0. The molecule has 119 heavy (non-hydrogen) atoms. The van der Waals surface area contributed by atoms with Crippen LogP contribution in [0.15, 0.2) is 168 Å². The van der Waals surface area contributed by atoms with Gasteiger partial charge < -0.3 is 0 Å². The molecule has 0 amide bonds. The fourth-order valence-corrected chi connectivity index (χ4v) is 35.2. The van der Waals surface area contributed by atoms with E-state index in [9.17, 15) is 0 Å². The second kappa shape index (κ2) is 37.8. The first-order valence-electron chi connectivity index (χ1n) is 44.6. The monoisotopic (exact) mass is 1720 g/mol. The topological polar surface area (TPSA) is 0 Å². The highest BCUT2D eigenvalue weighted by molar-refractivity contribution is 7.18. The summed E-state index contributed by atoms with van der Waals surface area (Å²) < 4.78 is 34.4. The Labute approximate surface area is 727 Å². The quantitative estimate of drug-likeness (QED) is 0.0456. The zero-order chi connectivity index (χ0) is 84.6. The standard InChI is InChI=1S/C38H40F2Si2.C36H40SSi2.C34H38S2Si2/c1-7-41(8-2,9-3)21-19-29-33-23-27-15-13-18-38(40)32(27)26-36(33)30(20-22-42(10-4,11-5)12-6)34-24-28-16-14-17-37(39)31(28)25-35(29)34;1-7-38(8-2,9-3)21-18-30-32-23-27-15-13-14-16-28(27)24-33(32)31(19-22-39(10-4,11-5)12-6)35-26-36-29(17-20-37-36)25-34(30)35;1-7-37(8-2,9-3)19-15-27-29-21-25-13-17-36-34(25)24-32(29)28(16-20-38(10-4,11-5)12-6)30-22-26-14-18-35-33(26)23-31(27)30/h13-18,23-26H,7-12H2,1-6H3;13-17,20,23-26H,7-12H2,1-6H3;13-14,17-18,21-24H,7-12H2,1-6H3. The van der Waals surface area contributed by atoms with Gasteiger partial charge in [-0.05, 0) is 314 Å². The molecule has 3 aromatic heterocycles. The van der Waals surface area contributed by atoms with E-state index >= 15 is 8.78 Å². The first-order chi connectivity index (χ1) is 57.7. The molecule has 0 atom stereocenters. The molecule has 3 heterocycles. The summed E-state index contributed by atoms with van der Waals surface area (Å²) in [6.07, 6.45) is 0. The Morgan fingerprint density at radius 3 is 0.605 bits per heavy atom. The molecule has 0 fully saturated rings. The molecular formula is C108H118F2S3Si6. The van der Waals surface area contributed by atoms with Crippen LogP contribution in [0.3, 0.4) is 0 Å². The molecule has 12 aromatic carbocycles. The Bertz CT molecular complexity index is 6250. The van der Waals surface area contributed by atoms with Gasteiger partial charge in [-0.2, -0.15) is 0 Å². The Hall–Kier alpha value is -8.62. The highest BCUT2D eigenvalue weighted by atomic mass is 32.1. The molecule has 0 N–H and O–H groups in total. The lowest BCUT2D eigenvalue weighted by molar-refractivity contribution is 0.639. The van der Waals surface area contributed by atoms with Crippen molar-refractivity contribution >= 4 is 210 Å². The highest BCUT2D eigenvalue weighted by Crippen LogP contribution is 2.44.